The van der Waals surface area contributed by atoms with Crippen molar-refractivity contribution in [2.24, 2.45) is 0 Å². The summed E-state index contributed by atoms with van der Waals surface area (Å²) >= 11 is 1.09. The van der Waals surface area contributed by atoms with Crippen LogP contribution in [0.25, 0.3) is 0 Å². The van der Waals surface area contributed by atoms with E-state index in [2.05, 4.69) is 41.9 Å². The van der Waals surface area contributed by atoms with Gasteiger partial charge in [0.05, 0.1) is 12.1 Å². The zero-order valence-corrected chi connectivity index (χ0v) is 20.5. The molecule has 8 nitrogen and oxygen atoms in total. The van der Waals surface area contributed by atoms with Crippen LogP contribution in [-0.4, -0.2) is 60.6 Å². The number of benzene rings is 1. The molecule has 0 N–H and O–H groups in total. The standard InChI is InChI=1S/C24H24N4O4S2/c1-16-5-7-20(17(2)14-16)26-10-12-27(13-11-26)34(31,32)21-8-6-18(33-21)15-28-23(29)19-4-3-9-25-22(19)24(28)30/h3-9,14H,10-13,15H2,1-2H3. The Morgan fingerprint density at radius 2 is 1.74 bits per heavy atom. The van der Waals surface area contributed by atoms with Gasteiger partial charge in [0.2, 0.25) is 0 Å². The molecule has 2 amide bonds. The molecule has 1 aromatic carbocycles. The van der Waals surface area contributed by atoms with Gasteiger partial charge in [-0.3, -0.25) is 19.5 Å². The summed E-state index contributed by atoms with van der Waals surface area (Å²) in [7, 11) is -3.65. The molecular weight excluding hydrogens is 472 g/mol. The third-order valence-electron chi connectivity index (χ3n) is 6.21. The maximum Gasteiger partial charge on any atom is 0.280 e. The van der Waals surface area contributed by atoms with Crippen molar-refractivity contribution < 1.29 is 18.0 Å². The summed E-state index contributed by atoms with van der Waals surface area (Å²) in [5.74, 6) is -0.866. The van der Waals surface area contributed by atoms with E-state index in [1.54, 1.807) is 24.3 Å². The Labute approximate surface area is 202 Å². The summed E-state index contributed by atoms with van der Waals surface area (Å²) in [5, 5.41) is 0. The fraction of sp³-hybridized carbons (Fsp3) is 0.292. The van der Waals surface area contributed by atoms with Crippen molar-refractivity contribution in [1.29, 1.82) is 0 Å². The number of hydrogen-bond donors (Lipinski definition) is 0. The molecule has 0 bridgehead atoms. The highest BCUT2D eigenvalue weighted by atomic mass is 32.2. The number of pyridine rings is 1. The van der Waals surface area contributed by atoms with E-state index in [0.717, 1.165) is 21.9 Å². The van der Waals surface area contributed by atoms with E-state index < -0.39 is 21.8 Å². The zero-order valence-electron chi connectivity index (χ0n) is 18.9. The number of fused-ring (bicyclic) bond motifs is 1. The summed E-state index contributed by atoms with van der Waals surface area (Å²) in [6, 6.07) is 12.7. The van der Waals surface area contributed by atoms with Crippen LogP contribution in [0.1, 0.15) is 36.9 Å². The van der Waals surface area contributed by atoms with Crippen molar-refractivity contribution in [2.45, 2.75) is 24.6 Å². The second-order valence-corrected chi connectivity index (χ2v) is 11.8. The summed E-state index contributed by atoms with van der Waals surface area (Å²) in [6.07, 6.45) is 1.48. The molecule has 2 aromatic heterocycles. The van der Waals surface area contributed by atoms with Gasteiger partial charge in [-0.2, -0.15) is 4.31 Å². The van der Waals surface area contributed by atoms with Gasteiger partial charge < -0.3 is 4.90 Å². The molecule has 2 aliphatic heterocycles. The van der Waals surface area contributed by atoms with Gasteiger partial charge >= 0.3 is 0 Å². The van der Waals surface area contributed by atoms with Crippen LogP contribution in [0.5, 0.6) is 0 Å². The zero-order chi connectivity index (χ0) is 24.0. The fourth-order valence-corrected chi connectivity index (χ4v) is 7.37. The van der Waals surface area contributed by atoms with E-state index >= 15 is 0 Å². The van der Waals surface area contributed by atoms with E-state index in [-0.39, 0.29) is 22.0 Å². The minimum Gasteiger partial charge on any atom is -0.369 e. The smallest absolute Gasteiger partial charge is 0.280 e. The van der Waals surface area contributed by atoms with Crippen LogP contribution in [0.4, 0.5) is 5.69 Å². The summed E-state index contributed by atoms with van der Waals surface area (Å²) < 4.78 is 28.2. The number of imide groups is 1. The number of thiophene rings is 1. The number of nitrogens with zero attached hydrogens (tertiary/aromatic N) is 4. The van der Waals surface area contributed by atoms with Crippen LogP contribution in [0.2, 0.25) is 0 Å². The summed E-state index contributed by atoms with van der Waals surface area (Å²) in [5.41, 5.74) is 3.93. The Kier molecular flexibility index (Phi) is 5.75. The van der Waals surface area contributed by atoms with Crippen molar-refractivity contribution in [2.75, 3.05) is 31.1 Å². The van der Waals surface area contributed by atoms with Crippen LogP contribution >= 0.6 is 11.3 Å². The first-order valence-electron chi connectivity index (χ1n) is 11.0. The van der Waals surface area contributed by atoms with Crippen LogP contribution in [0.3, 0.4) is 0 Å². The highest BCUT2D eigenvalue weighted by Gasteiger charge is 2.37. The van der Waals surface area contributed by atoms with Crippen molar-refractivity contribution in [3.8, 4) is 0 Å². The Morgan fingerprint density at radius 1 is 0.971 bits per heavy atom. The second kappa shape index (κ2) is 8.61. The summed E-state index contributed by atoms with van der Waals surface area (Å²) in [6.45, 7) is 6.17. The lowest BCUT2D eigenvalue weighted by atomic mass is 10.1. The van der Waals surface area contributed by atoms with Gasteiger partial charge in [-0.1, -0.05) is 17.7 Å². The minimum absolute atomic E-state index is 0.0225. The van der Waals surface area contributed by atoms with Crippen LogP contribution in [0, 0.1) is 13.8 Å². The molecule has 34 heavy (non-hydrogen) atoms. The molecule has 0 unspecified atom stereocenters. The highest BCUT2D eigenvalue weighted by Crippen LogP contribution is 2.30. The maximum atomic E-state index is 13.3. The predicted octanol–water partition coefficient (Wildman–Crippen LogP) is 3.07. The third kappa shape index (κ3) is 3.91. The van der Waals surface area contributed by atoms with Crippen LogP contribution in [0.15, 0.2) is 52.9 Å². The van der Waals surface area contributed by atoms with Crippen molar-refractivity contribution >= 4 is 38.9 Å². The molecule has 1 fully saturated rings. The van der Waals surface area contributed by atoms with Crippen LogP contribution < -0.4 is 4.90 Å². The first-order valence-corrected chi connectivity index (χ1v) is 13.2. The Balaban J connectivity index is 1.27. The van der Waals surface area contributed by atoms with Crippen LogP contribution in [-0.2, 0) is 16.6 Å². The number of carbonyl (C=O) groups excluding carboxylic acids is 2. The lowest BCUT2D eigenvalue weighted by Gasteiger charge is -2.36. The molecule has 0 aliphatic carbocycles. The predicted molar refractivity (Wildman–Crippen MR) is 130 cm³/mol. The van der Waals surface area contributed by atoms with Crippen molar-refractivity contribution in [3.63, 3.8) is 0 Å². The molecule has 1 saturated heterocycles. The third-order valence-corrected chi connectivity index (χ3v) is 9.64. The number of sulfonamides is 1. The molecule has 0 spiro atoms. The van der Waals surface area contributed by atoms with Crippen molar-refractivity contribution in [3.05, 3.63) is 75.9 Å². The first kappa shape index (κ1) is 22.7. The van der Waals surface area contributed by atoms with Gasteiger partial charge in [-0.25, -0.2) is 8.42 Å². The van der Waals surface area contributed by atoms with E-state index in [9.17, 15) is 18.0 Å². The number of hydrogen-bond acceptors (Lipinski definition) is 7. The molecule has 10 heteroatoms. The monoisotopic (exact) mass is 496 g/mol. The molecule has 0 radical (unpaired) electrons. The molecule has 3 aromatic rings. The van der Waals surface area contributed by atoms with Gasteiger partial charge in [0.15, 0.2) is 0 Å². The summed E-state index contributed by atoms with van der Waals surface area (Å²) in [4.78, 5) is 33.1. The van der Waals surface area contributed by atoms with Crippen molar-refractivity contribution in [1.82, 2.24) is 14.2 Å². The number of anilines is 1. The Hall–Kier alpha value is -3.08. The Morgan fingerprint density at radius 3 is 2.44 bits per heavy atom. The normalized spacial score (nSPS) is 16.9. The molecule has 0 atom stereocenters. The molecule has 2 aliphatic rings. The average molecular weight is 497 g/mol. The number of amides is 2. The van der Waals surface area contributed by atoms with Gasteiger partial charge in [0, 0.05) is 42.9 Å². The number of rotatable bonds is 5. The van der Waals surface area contributed by atoms with E-state index in [1.807, 2.05) is 0 Å². The fourth-order valence-electron chi connectivity index (χ4n) is 4.45. The Bertz CT molecular complexity index is 1360. The number of aryl methyl sites for hydroxylation is 2. The highest BCUT2D eigenvalue weighted by molar-refractivity contribution is 7.91. The quantitative estimate of drug-likeness (QED) is 0.505. The molecule has 4 heterocycles. The molecule has 5 rings (SSSR count). The number of piperazine rings is 1. The number of aromatic nitrogens is 1. The lowest BCUT2D eigenvalue weighted by molar-refractivity contribution is 0.0642. The van der Waals surface area contributed by atoms with E-state index in [1.165, 1.54) is 21.6 Å². The first-order chi connectivity index (χ1) is 16.3. The molecular formula is C24H24N4O4S2. The lowest BCUT2D eigenvalue weighted by Crippen LogP contribution is -2.48. The topological polar surface area (TPSA) is 90.9 Å². The average Bonchev–Trinajstić information content (AvgIpc) is 3.39. The minimum atomic E-state index is -3.65. The number of carbonyl (C=O) groups is 2. The molecule has 176 valence electrons. The van der Waals surface area contributed by atoms with E-state index in [0.29, 0.717) is 31.1 Å². The van der Waals surface area contributed by atoms with Gasteiger partial charge in [0.1, 0.15) is 9.90 Å². The van der Waals surface area contributed by atoms with Gasteiger partial charge in [-0.05, 0) is 49.7 Å². The second-order valence-electron chi connectivity index (χ2n) is 8.50. The maximum absolute atomic E-state index is 13.3. The van der Waals surface area contributed by atoms with Gasteiger partial charge in [-0.15, -0.1) is 11.3 Å². The SMILES string of the molecule is Cc1ccc(N2CCN(S(=O)(=O)c3ccc(CN4C(=O)c5cccnc5C4=O)s3)CC2)c(C)c1. The molecule has 0 saturated carbocycles. The largest absolute Gasteiger partial charge is 0.369 e. The van der Waals surface area contributed by atoms with Gasteiger partial charge in [0.25, 0.3) is 21.8 Å². The van der Waals surface area contributed by atoms with E-state index in [4.69, 9.17) is 0 Å².